The van der Waals surface area contributed by atoms with E-state index in [1.54, 1.807) is 4.90 Å². The molecule has 1 unspecified atom stereocenters. The maximum Gasteiger partial charge on any atom is 0.248 e. The van der Waals surface area contributed by atoms with Crippen LogP contribution in [-0.4, -0.2) is 32.2 Å². The molecule has 0 aromatic heterocycles. The fourth-order valence-corrected chi connectivity index (χ4v) is 2.73. The summed E-state index contributed by atoms with van der Waals surface area (Å²) in [5, 5.41) is 3.34. The largest absolute Gasteiger partial charge is 0.377 e. The van der Waals surface area contributed by atoms with Crippen LogP contribution < -0.4 is 10.2 Å². The number of amides is 1. The zero-order chi connectivity index (χ0) is 12.5. The minimum Gasteiger partial charge on any atom is -0.377 e. The third-order valence-electron chi connectivity index (χ3n) is 3.76. The molecule has 1 saturated heterocycles. The van der Waals surface area contributed by atoms with Gasteiger partial charge in [-0.3, -0.25) is 10.1 Å². The molecule has 4 nitrogen and oxygen atoms in total. The van der Waals surface area contributed by atoms with Crippen molar-refractivity contribution in [2.24, 2.45) is 0 Å². The molecule has 1 aromatic carbocycles. The van der Waals surface area contributed by atoms with E-state index in [9.17, 15) is 4.79 Å². The number of rotatable bonds is 3. The Bertz CT molecular complexity index is 455. The zero-order valence-corrected chi connectivity index (χ0v) is 10.6. The molecule has 0 aliphatic carbocycles. The molecule has 3 rings (SSSR count). The molecule has 2 atom stereocenters. The average Bonchev–Trinajstić information content (AvgIpc) is 2.98. The minimum atomic E-state index is -0.213. The van der Waals surface area contributed by atoms with Crippen molar-refractivity contribution in [3.63, 3.8) is 0 Å². The Morgan fingerprint density at radius 2 is 2.28 bits per heavy atom. The first-order valence-electron chi connectivity index (χ1n) is 6.49. The summed E-state index contributed by atoms with van der Waals surface area (Å²) in [6.45, 7) is 1.60. The second-order valence-electron chi connectivity index (χ2n) is 4.93. The van der Waals surface area contributed by atoms with E-state index in [0.717, 1.165) is 37.2 Å². The Labute approximate surface area is 107 Å². The number of hydrogen-bond donors (Lipinski definition) is 1. The van der Waals surface area contributed by atoms with Crippen molar-refractivity contribution >= 4 is 11.6 Å². The summed E-state index contributed by atoms with van der Waals surface area (Å²) in [6.07, 6.45) is 2.48. The molecule has 0 saturated carbocycles. The van der Waals surface area contributed by atoms with Gasteiger partial charge in [-0.2, -0.15) is 0 Å². The first-order chi connectivity index (χ1) is 8.77. The van der Waals surface area contributed by atoms with Crippen LogP contribution in [0.1, 0.15) is 24.4 Å². The minimum absolute atomic E-state index is 0.120. The first kappa shape index (κ1) is 11.7. The van der Waals surface area contributed by atoms with Crippen molar-refractivity contribution in [3.05, 3.63) is 29.8 Å². The predicted molar refractivity (Wildman–Crippen MR) is 69.6 cm³/mol. The highest BCUT2D eigenvalue weighted by Crippen LogP contribution is 2.34. The second kappa shape index (κ2) is 4.71. The molecule has 2 aliphatic rings. The molecular formula is C14H18N2O2. The Morgan fingerprint density at radius 3 is 3.06 bits per heavy atom. The van der Waals surface area contributed by atoms with Crippen molar-refractivity contribution in [2.75, 3.05) is 25.1 Å². The summed E-state index contributed by atoms with van der Waals surface area (Å²) >= 11 is 0. The normalized spacial score (nSPS) is 26.7. The molecular weight excluding hydrogens is 228 g/mol. The monoisotopic (exact) mass is 246 g/mol. The zero-order valence-electron chi connectivity index (χ0n) is 10.6. The van der Waals surface area contributed by atoms with E-state index >= 15 is 0 Å². The summed E-state index contributed by atoms with van der Waals surface area (Å²) < 4.78 is 5.58. The van der Waals surface area contributed by atoms with Crippen molar-refractivity contribution in [2.45, 2.75) is 25.0 Å². The van der Waals surface area contributed by atoms with Gasteiger partial charge < -0.3 is 9.64 Å². The number of nitrogens with zero attached hydrogens (tertiary/aromatic N) is 1. The van der Waals surface area contributed by atoms with Gasteiger partial charge in [0.25, 0.3) is 0 Å². The number of ether oxygens (including phenoxy) is 1. The lowest BCUT2D eigenvalue weighted by Gasteiger charge is -2.16. The number of carbonyl (C=O) groups is 1. The van der Waals surface area contributed by atoms with Crippen LogP contribution in [0.4, 0.5) is 5.69 Å². The van der Waals surface area contributed by atoms with Gasteiger partial charge in [-0.05, 0) is 18.9 Å². The van der Waals surface area contributed by atoms with Crippen molar-refractivity contribution < 1.29 is 9.53 Å². The van der Waals surface area contributed by atoms with Gasteiger partial charge in [-0.1, -0.05) is 18.2 Å². The molecule has 1 amide bonds. The van der Waals surface area contributed by atoms with Gasteiger partial charge in [-0.15, -0.1) is 0 Å². The molecule has 96 valence electrons. The molecule has 1 N–H and O–H groups in total. The van der Waals surface area contributed by atoms with Gasteiger partial charge in [0.2, 0.25) is 5.91 Å². The maximum atomic E-state index is 12.2. The van der Waals surface area contributed by atoms with Gasteiger partial charge in [-0.25, -0.2) is 0 Å². The highest BCUT2D eigenvalue weighted by atomic mass is 16.5. The number of carbonyl (C=O) groups excluding carboxylic acids is 1. The van der Waals surface area contributed by atoms with Crippen LogP contribution in [-0.2, 0) is 9.53 Å². The molecule has 18 heavy (non-hydrogen) atoms. The number of para-hydroxylation sites is 1. The van der Waals surface area contributed by atoms with Crippen LogP contribution >= 0.6 is 0 Å². The highest BCUT2D eigenvalue weighted by molar-refractivity contribution is 6.04. The Morgan fingerprint density at radius 1 is 1.44 bits per heavy atom. The number of anilines is 1. The van der Waals surface area contributed by atoms with Gasteiger partial charge in [0.05, 0.1) is 6.10 Å². The molecule has 1 fully saturated rings. The van der Waals surface area contributed by atoms with Crippen LogP contribution in [0.3, 0.4) is 0 Å². The standard InChI is InChI=1S/C14H18N2O2/c1-16-12-7-3-2-6-11(12)13(14(16)17)15-9-10-5-4-8-18-10/h2-3,6-7,10,13,15H,4-5,8-9H2,1H3/t10-,13?/m1/s1. The van der Waals surface area contributed by atoms with E-state index in [4.69, 9.17) is 4.74 Å². The van der Waals surface area contributed by atoms with Crippen molar-refractivity contribution in [3.8, 4) is 0 Å². The average molecular weight is 246 g/mol. The number of likely N-dealkylation sites (N-methyl/N-ethyl adjacent to an activating group) is 1. The molecule has 2 aliphatic heterocycles. The quantitative estimate of drug-likeness (QED) is 0.878. The van der Waals surface area contributed by atoms with Gasteiger partial charge in [0.15, 0.2) is 0 Å². The fourth-order valence-electron chi connectivity index (χ4n) is 2.73. The van der Waals surface area contributed by atoms with E-state index in [-0.39, 0.29) is 18.1 Å². The van der Waals surface area contributed by atoms with Crippen molar-refractivity contribution in [1.29, 1.82) is 0 Å². The second-order valence-corrected chi connectivity index (χ2v) is 4.93. The maximum absolute atomic E-state index is 12.2. The first-order valence-corrected chi connectivity index (χ1v) is 6.49. The third kappa shape index (κ3) is 1.91. The van der Waals surface area contributed by atoms with E-state index in [1.165, 1.54) is 0 Å². The summed E-state index contributed by atoms with van der Waals surface area (Å²) in [5.41, 5.74) is 2.08. The number of benzene rings is 1. The summed E-state index contributed by atoms with van der Waals surface area (Å²) in [7, 11) is 1.83. The summed E-state index contributed by atoms with van der Waals surface area (Å²) in [6, 6.07) is 7.73. The topological polar surface area (TPSA) is 41.6 Å². The molecule has 1 aromatic rings. The Balaban J connectivity index is 1.73. The summed E-state index contributed by atoms with van der Waals surface area (Å²) in [4.78, 5) is 13.9. The van der Waals surface area contributed by atoms with Gasteiger partial charge in [0, 0.05) is 31.5 Å². The lowest BCUT2D eigenvalue weighted by atomic mass is 10.1. The van der Waals surface area contributed by atoms with Gasteiger partial charge >= 0.3 is 0 Å². The van der Waals surface area contributed by atoms with Crippen LogP contribution in [0.5, 0.6) is 0 Å². The fraction of sp³-hybridized carbons (Fsp3) is 0.500. The molecule has 2 heterocycles. The Hall–Kier alpha value is -1.39. The highest BCUT2D eigenvalue weighted by Gasteiger charge is 2.34. The number of fused-ring (bicyclic) bond motifs is 1. The molecule has 0 radical (unpaired) electrons. The lowest BCUT2D eigenvalue weighted by Crippen LogP contribution is -2.36. The molecule has 4 heteroatoms. The molecule has 0 bridgehead atoms. The van der Waals surface area contributed by atoms with Crippen LogP contribution in [0.25, 0.3) is 0 Å². The van der Waals surface area contributed by atoms with Gasteiger partial charge in [0.1, 0.15) is 6.04 Å². The lowest BCUT2D eigenvalue weighted by molar-refractivity contribution is -0.119. The summed E-state index contributed by atoms with van der Waals surface area (Å²) in [5.74, 6) is 0.120. The van der Waals surface area contributed by atoms with Crippen LogP contribution in [0.15, 0.2) is 24.3 Å². The van der Waals surface area contributed by atoms with Crippen LogP contribution in [0.2, 0.25) is 0 Å². The molecule has 0 spiro atoms. The number of nitrogens with one attached hydrogen (secondary N) is 1. The number of hydrogen-bond acceptors (Lipinski definition) is 3. The SMILES string of the molecule is CN1C(=O)C(NC[C@H]2CCCO2)c2ccccc21. The van der Waals surface area contributed by atoms with E-state index in [2.05, 4.69) is 5.32 Å². The Kier molecular flexibility index (Phi) is 3.06. The smallest absolute Gasteiger partial charge is 0.248 e. The van der Waals surface area contributed by atoms with E-state index in [1.807, 2.05) is 31.3 Å². The van der Waals surface area contributed by atoms with E-state index in [0.29, 0.717) is 0 Å². The predicted octanol–water partition coefficient (Wildman–Crippen LogP) is 1.47. The van der Waals surface area contributed by atoms with Crippen molar-refractivity contribution in [1.82, 2.24) is 5.32 Å². The van der Waals surface area contributed by atoms with Crippen LogP contribution in [0, 0.1) is 0 Å². The third-order valence-corrected chi connectivity index (χ3v) is 3.76. The van der Waals surface area contributed by atoms with E-state index < -0.39 is 0 Å².